The van der Waals surface area contributed by atoms with Crippen LogP contribution in [-0.4, -0.2) is 29.1 Å². The minimum Gasteiger partial charge on any atom is -0.361 e. The van der Waals surface area contributed by atoms with Gasteiger partial charge in [-0.3, -0.25) is 9.69 Å². The molecular formula is C21H27N3O2. The molecule has 1 aliphatic carbocycles. The lowest BCUT2D eigenvalue weighted by Gasteiger charge is -2.34. The first-order valence-corrected chi connectivity index (χ1v) is 9.78. The van der Waals surface area contributed by atoms with Gasteiger partial charge in [0.1, 0.15) is 11.5 Å². The molecule has 1 unspecified atom stereocenters. The van der Waals surface area contributed by atoms with Crippen LogP contribution in [0.15, 0.2) is 28.8 Å². The van der Waals surface area contributed by atoms with Crippen LogP contribution in [0.25, 0.3) is 0 Å². The minimum absolute atomic E-state index is 0.0867. The Morgan fingerprint density at radius 2 is 2.12 bits per heavy atom. The molecule has 5 nitrogen and oxygen atoms in total. The lowest BCUT2D eigenvalue weighted by Crippen LogP contribution is -2.35. The van der Waals surface area contributed by atoms with Gasteiger partial charge in [0.15, 0.2) is 0 Å². The summed E-state index contributed by atoms with van der Waals surface area (Å²) in [5.41, 5.74) is 4.75. The molecule has 1 fully saturated rings. The molecule has 1 atom stereocenters. The van der Waals surface area contributed by atoms with Gasteiger partial charge >= 0.3 is 0 Å². The fourth-order valence-corrected chi connectivity index (χ4v) is 4.25. The number of rotatable bonds is 5. The van der Waals surface area contributed by atoms with Crippen molar-refractivity contribution in [2.75, 3.05) is 18.4 Å². The Kier molecular flexibility index (Phi) is 5.07. The van der Waals surface area contributed by atoms with Crippen molar-refractivity contribution in [3.05, 3.63) is 46.8 Å². The second-order valence-electron chi connectivity index (χ2n) is 7.55. The second kappa shape index (κ2) is 7.62. The van der Waals surface area contributed by atoms with Crippen LogP contribution in [-0.2, 0) is 17.6 Å². The van der Waals surface area contributed by atoms with E-state index in [2.05, 4.69) is 27.5 Å². The average Bonchev–Trinajstić information content (AvgIpc) is 3.28. The van der Waals surface area contributed by atoms with Crippen molar-refractivity contribution in [1.82, 2.24) is 10.1 Å². The molecule has 0 spiro atoms. The van der Waals surface area contributed by atoms with E-state index in [9.17, 15) is 4.79 Å². The molecule has 2 aliphatic rings. The molecule has 0 radical (unpaired) electrons. The SMILES string of the molecule is Cc1cc(C2CCCCN2CCC(=O)Nc2ccc3c(c2)CCC3)no1. The zero-order chi connectivity index (χ0) is 17.9. The second-order valence-corrected chi connectivity index (χ2v) is 7.55. The zero-order valence-corrected chi connectivity index (χ0v) is 15.5. The third-order valence-corrected chi connectivity index (χ3v) is 5.61. The van der Waals surface area contributed by atoms with E-state index in [1.165, 1.54) is 36.8 Å². The molecule has 2 heterocycles. The molecular weight excluding hydrogens is 326 g/mol. The summed E-state index contributed by atoms with van der Waals surface area (Å²) < 4.78 is 5.25. The van der Waals surface area contributed by atoms with Gasteiger partial charge in [0, 0.05) is 24.7 Å². The number of hydrogen-bond donors (Lipinski definition) is 1. The summed E-state index contributed by atoms with van der Waals surface area (Å²) in [5, 5.41) is 7.27. The number of likely N-dealkylation sites (tertiary alicyclic amines) is 1. The van der Waals surface area contributed by atoms with Crippen molar-refractivity contribution in [3.8, 4) is 0 Å². The number of hydrogen-bond acceptors (Lipinski definition) is 4. The Labute approximate surface area is 154 Å². The number of nitrogens with one attached hydrogen (secondary N) is 1. The Balaban J connectivity index is 1.34. The molecule has 1 aromatic carbocycles. The number of nitrogens with zero attached hydrogens (tertiary/aromatic N) is 2. The monoisotopic (exact) mass is 353 g/mol. The van der Waals surface area contributed by atoms with Crippen molar-refractivity contribution < 1.29 is 9.32 Å². The minimum atomic E-state index is 0.0867. The maximum absolute atomic E-state index is 12.4. The van der Waals surface area contributed by atoms with Crippen molar-refractivity contribution in [2.24, 2.45) is 0 Å². The molecule has 1 amide bonds. The largest absolute Gasteiger partial charge is 0.361 e. The Bertz CT molecular complexity index is 783. The summed E-state index contributed by atoms with van der Waals surface area (Å²) in [6.45, 7) is 3.70. The van der Waals surface area contributed by atoms with Crippen LogP contribution in [0.2, 0.25) is 0 Å². The number of carbonyl (C=O) groups is 1. The molecule has 0 saturated carbocycles. The Hall–Kier alpha value is -2.14. The van der Waals surface area contributed by atoms with Gasteiger partial charge in [0.05, 0.1) is 6.04 Å². The third-order valence-electron chi connectivity index (χ3n) is 5.61. The van der Waals surface area contributed by atoms with Crippen LogP contribution < -0.4 is 5.32 Å². The zero-order valence-electron chi connectivity index (χ0n) is 15.5. The van der Waals surface area contributed by atoms with Gasteiger partial charge < -0.3 is 9.84 Å². The van der Waals surface area contributed by atoms with Gasteiger partial charge in [-0.05, 0) is 68.8 Å². The molecule has 1 N–H and O–H groups in total. The predicted molar refractivity (Wildman–Crippen MR) is 101 cm³/mol. The fraction of sp³-hybridized carbons (Fsp3) is 0.524. The molecule has 4 rings (SSSR count). The van der Waals surface area contributed by atoms with Gasteiger partial charge in [-0.2, -0.15) is 0 Å². The number of carbonyl (C=O) groups excluding carboxylic acids is 1. The molecule has 0 bridgehead atoms. The van der Waals surface area contributed by atoms with E-state index in [4.69, 9.17) is 4.52 Å². The number of amides is 1. The quantitative estimate of drug-likeness (QED) is 0.882. The van der Waals surface area contributed by atoms with E-state index >= 15 is 0 Å². The maximum Gasteiger partial charge on any atom is 0.225 e. The Morgan fingerprint density at radius 3 is 2.96 bits per heavy atom. The lowest BCUT2D eigenvalue weighted by molar-refractivity contribution is -0.116. The average molecular weight is 353 g/mol. The molecule has 5 heteroatoms. The van der Waals surface area contributed by atoms with Crippen LogP contribution in [0, 0.1) is 6.92 Å². The van der Waals surface area contributed by atoms with E-state index in [-0.39, 0.29) is 11.9 Å². The van der Waals surface area contributed by atoms with Crippen LogP contribution >= 0.6 is 0 Å². The van der Waals surface area contributed by atoms with Crippen LogP contribution in [0.3, 0.4) is 0 Å². The lowest BCUT2D eigenvalue weighted by atomic mass is 9.99. The number of anilines is 1. The smallest absolute Gasteiger partial charge is 0.225 e. The first-order valence-electron chi connectivity index (χ1n) is 9.78. The predicted octanol–water partition coefficient (Wildman–Crippen LogP) is 4.03. The standard InChI is InChI=1S/C21H27N3O2/c1-15-13-19(23-26-15)20-7-2-3-11-24(20)12-10-21(25)22-18-9-8-16-5-4-6-17(16)14-18/h8-9,13-14,20H,2-7,10-12H2,1H3,(H,22,25). The van der Waals surface area contributed by atoms with Gasteiger partial charge in [-0.15, -0.1) is 0 Å². The number of piperidine rings is 1. The summed E-state index contributed by atoms with van der Waals surface area (Å²) >= 11 is 0. The molecule has 2 aromatic rings. The molecule has 1 saturated heterocycles. The molecule has 138 valence electrons. The highest BCUT2D eigenvalue weighted by molar-refractivity contribution is 5.91. The van der Waals surface area contributed by atoms with Crippen molar-refractivity contribution in [1.29, 1.82) is 0 Å². The van der Waals surface area contributed by atoms with Gasteiger partial charge in [0.25, 0.3) is 0 Å². The highest BCUT2D eigenvalue weighted by Gasteiger charge is 2.26. The molecule has 1 aliphatic heterocycles. The number of aryl methyl sites for hydroxylation is 3. The van der Waals surface area contributed by atoms with E-state index < -0.39 is 0 Å². The van der Waals surface area contributed by atoms with Gasteiger partial charge in [0.2, 0.25) is 5.91 Å². The summed E-state index contributed by atoms with van der Waals surface area (Å²) in [6, 6.07) is 8.62. The van der Waals surface area contributed by atoms with E-state index in [1.807, 2.05) is 19.1 Å². The van der Waals surface area contributed by atoms with Gasteiger partial charge in [-0.25, -0.2) is 0 Å². The third kappa shape index (κ3) is 3.83. The summed E-state index contributed by atoms with van der Waals surface area (Å²) in [5.74, 6) is 0.934. The molecule has 26 heavy (non-hydrogen) atoms. The van der Waals surface area contributed by atoms with E-state index in [1.54, 1.807) is 0 Å². The fourth-order valence-electron chi connectivity index (χ4n) is 4.25. The number of benzene rings is 1. The van der Waals surface area contributed by atoms with Crippen molar-refractivity contribution in [3.63, 3.8) is 0 Å². The highest BCUT2D eigenvalue weighted by Crippen LogP contribution is 2.30. The van der Waals surface area contributed by atoms with E-state index in [0.717, 1.165) is 43.1 Å². The first kappa shape index (κ1) is 17.3. The van der Waals surface area contributed by atoms with Crippen molar-refractivity contribution >= 4 is 11.6 Å². The van der Waals surface area contributed by atoms with Crippen LogP contribution in [0.5, 0.6) is 0 Å². The summed E-state index contributed by atoms with van der Waals surface area (Å²) in [4.78, 5) is 14.8. The topological polar surface area (TPSA) is 58.4 Å². The maximum atomic E-state index is 12.4. The molecule has 1 aromatic heterocycles. The normalized spacial score (nSPS) is 20.1. The highest BCUT2D eigenvalue weighted by atomic mass is 16.5. The number of aromatic nitrogens is 1. The van der Waals surface area contributed by atoms with Gasteiger partial charge in [-0.1, -0.05) is 17.6 Å². The first-order chi connectivity index (χ1) is 12.7. The van der Waals surface area contributed by atoms with E-state index in [0.29, 0.717) is 6.42 Å². The van der Waals surface area contributed by atoms with Crippen LogP contribution in [0.4, 0.5) is 5.69 Å². The number of fused-ring (bicyclic) bond motifs is 1. The summed E-state index contributed by atoms with van der Waals surface area (Å²) in [6.07, 6.45) is 7.49. The van der Waals surface area contributed by atoms with Crippen LogP contribution in [0.1, 0.15) is 60.7 Å². The summed E-state index contributed by atoms with van der Waals surface area (Å²) in [7, 11) is 0. The van der Waals surface area contributed by atoms with Crippen molar-refractivity contribution in [2.45, 2.75) is 57.9 Å². The Morgan fingerprint density at radius 1 is 1.23 bits per heavy atom.